The van der Waals surface area contributed by atoms with Crippen LogP contribution in [0.5, 0.6) is 0 Å². The van der Waals surface area contributed by atoms with Gasteiger partial charge in [-0.05, 0) is 68.4 Å². The summed E-state index contributed by atoms with van der Waals surface area (Å²) in [5, 5.41) is 7.81. The lowest BCUT2D eigenvalue weighted by molar-refractivity contribution is 0.0926. The maximum absolute atomic E-state index is 12.7. The SMILES string of the molecule is CCCCc1ccc(C(=O)NC2CCC(Nc3nc(N(C)C)c4ccccc4n3)CC2)cc1. The van der Waals surface area contributed by atoms with Crippen molar-refractivity contribution >= 4 is 28.6 Å². The van der Waals surface area contributed by atoms with Gasteiger partial charge in [0.05, 0.1) is 5.52 Å². The maximum atomic E-state index is 12.7. The summed E-state index contributed by atoms with van der Waals surface area (Å²) in [4.78, 5) is 24.2. The number of hydrogen-bond acceptors (Lipinski definition) is 5. The van der Waals surface area contributed by atoms with Gasteiger partial charge in [0.1, 0.15) is 5.82 Å². The molecule has 0 bridgehead atoms. The predicted molar refractivity (Wildman–Crippen MR) is 136 cm³/mol. The van der Waals surface area contributed by atoms with Gasteiger partial charge in [0.2, 0.25) is 5.95 Å². The predicted octanol–water partition coefficient (Wildman–Crippen LogP) is 5.19. The topological polar surface area (TPSA) is 70.2 Å². The van der Waals surface area contributed by atoms with Gasteiger partial charge in [-0.2, -0.15) is 4.98 Å². The van der Waals surface area contributed by atoms with E-state index < -0.39 is 0 Å². The second-order valence-corrected chi connectivity index (χ2v) is 9.25. The lowest BCUT2D eigenvalue weighted by Crippen LogP contribution is -2.40. The van der Waals surface area contributed by atoms with Gasteiger partial charge in [0, 0.05) is 37.1 Å². The van der Waals surface area contributed by atoms with Crippen molar-refractivity contribution in [2.45, 2.75) is 64.0 Å². The summed E-state index contributed by atoms with van der Waals surface area (Å²) in [5.41, 5.74) is 2.99. The van der Waals surface area contributed by atoms with Gasteiger partial charge in [-0.15, -0.1) is 0 Å². The van der Waals surface area contributed by atoms with Crippen LogP contribution in [0.25, 0.3) is 10.9 Å². The van der Waals surface area contributed by atoms with Crippen LogP contribution in [0.2, 0.25) is 0 Å². The molecular weight excluding hydrogens is 410 g/mol. The highest BCUT2D eigenvalue weighted by molar-refractivity contribution is 5.94. The fourth-order valence-corrected chi connectivity index (χ4v) is 4.50. The zero-order chi connectivity index (χ0) is 23.2. The Morgan fingerprint density at radius 2 is 1.67 bits per heavy atom. The molecule has 4 rings (SSSR count). The second-order valence-electron chi connectivity index (χ2n) is 9.25. The quantitative estimate of drug-likeness (QED) is 0.499. The molecule has 1 heterocycles. The number of benzene rings is 2. The minimum Gasteiger partial charge on any atom is -0.362 e. The standard InChI is InChI=1S/C27H35N5O/c1-4-5-8-19-11-13-20(14-12-19)26(33)28-21-15-17-22(18-16-21)29-27-30-24-10-7-6-9-23(24)25(31-27)32(2)3/h6-7,9-14,21-22H,4-5,8,15-18H2,1-3H3,(H,28,33)(H,29,30,31). The third-order valence-electron chi connectivity index (χ3n) is 6.44. The van der Waals surface area contributed by atoms with E-state index in [0.29, 0.717) is 12.0 Å². The number of amides is 1. The zero-order valence-corrected chi connectivity index (χ0v) is 20.0. The Morgan fingerprint density at radius 3 is 2.36 bits per heavy atom. The number of aryl methyl sites for hydroxylation is 1. The van der Waals surface area contributed by atoms with Gasteiger partial charge in [-0.3, -0.25) is 4.79 Å². The number of carbonyl (C=O) groups is 1. The third-order valence-corrected chi connectivity index (χ3v) is 6.44. The van der Waals surface area contributed by atoms with E-state index in [0.717, 1.165) is 54.4 Å². The molecule has 1 fully saturated rings. The number of hydrogen-bond donors (Lipinski definition) is 2. The molecule has 0 unspecified atom stereocenters. The van der Waals surface area contributed by atoms with Crippen LogP contribution in [-0.2, 0) is 6.42 Å². The molecule has 2 aromatic carbocycles. The number of rotatable bonds is 8. The molecular formula is C27H35N5O. The van der Waals surface area contributed by atoms with Crippen molar-refractivity contribution in [3.05, 3.63) is 59.7 Å². The molecule has 33 heavy (non-hydrogen) atoms. The number of unbranched alkanes of at least 4 members (excludes halogenated alkanes) is 1. The Hall–Kier alpha value is -3.15. The first-order valence-corrected chi connectivity index (χ1v) is 12.1. The first kappa shape index (κ1) is 23.0. The Balaban J connectivity index is 1.31. The molecule has 174 valence electrons. The molecule has 1 amide bonds. The van der Waals surface area contributed by atoms with Crippen LogP contribution in [0.4, 0.5) is 11.8 Å². The van der Waals surface area contributed by atoms with Crippen LogP contribution in [0, 0.1) is 0 Å². The highest BCUT2D eigenvalue weighted by Gasteiger charge is 2.24. The molecule has 6 heteroatoms. The molecule has 3 aromatic rings. The summed E-state index contributed by atoms with van der Waals surface area (Å²) in [6, 6.07) is 16.7. The van der Waals surface area contributed by atoms with E-state index >= 15 is 0 Å². The van der Waals surface area contributed by atoms with Crippen LogP contribution in [-0.4, -0.2) is 42.1 Å². The molecule has 0 spiro atoms. The Kier molecular flexibility index (Phi) is 7.43. The summed E-state index contributed by atoms with van der Waals surface area (Å²) >= 11 is 0. The lowest BCUT2D eigenvalue weighted by atomic mass is 9.91. The molecule has 0 aliphatic heterocycles. The monoisotopic (exact) mass is 445 g/mol. The number of fused-ring (bicyclic) bond motifs is 1. The van der Waals surface area contributed by atoms with Crippen molar-refractivity contribution in [2.24, 2.45) is 0 Å². The fraction of sp³-hybridized carbons (Fsp3) is 0.444. The van der Waals surface area contributed by atoms with Crippen molar-refractivity contribution in [3.8, 4) is 0 Å². The highest BCUT2D eigenvalue weighted by atomic mass is 16.1. The number of nitrogens with zero attached hydrogens (tertiary/aromatic N) is 3. The van der Waals surface area contributed by atoms with Crippen LogP contribution in [0.3, 0.4) is 0 Å². The first-order chi connectivity index (χ1) is 16.0. The Labute approximate surface area is 196 Å². The van der Waals surface area contributed by atoms with Crippen molar-refractivity contribution in [1.82, 2.24) is 15.3 Å². The molecule has 0 atom stereocenters. The maximum Gasteiger partial charge on any atom is 0.251 e. The van der Waals surface area contributed by atoms with E-state index in [-0.39, 0.29) is 11.9 Å². The van der Waals surface area contributed by atoms with Gasteiger partial charge in [0.25, 0.3) is 5.91 Å². The van der Waals surface area contributed by atoms with Crippen LogP contribution in [0.1, 0.15) is 61.4 Å². The third kappa shape index (κ3) is 5.81. The number of carbonyl (C=O) groups excluding carboxylic acids is 1. The van der Waals surface area contributed by atoms with Gasteiger partial charge < -0.3 is 15.5 Å². The number of para-hydroxylation sites is 1. The van der Waals surface area contributed by atoms with E-state index in [1.54, 1.807) is 0 Å². The molecule has 6 nitrogen and oxygen atoms in total. The number of nitrogens with one attached hydrogen (secondary N) is 2. The van der Waals surface area contributed by atoms with Crippen molar-refractivity contribution in [2.75, 3.05) is 24.3 Å². The number of anilines is 2. The van der Waals surface area contributed by atoms with Gasteiger partial charge in [-0.1, -0.05) is 37.6 Å². The molecule has 0 saturated heterocycles. The van der Waals surface area contributed by atoms with E-state index in [1.165, 1.54) is 18.4 Å². The second kappa shape index (κ2) is 10.6. The highest BCUT2D eigenvalue weighted by Crippen LogP contribution is 2.26. The Morgan fingerprint density at radius 1 is 0.970 bits per heavy atom. The molecule has 2 N–H and O–H groups in total. The summed E-state index contributed by atoms with van der Waals surface area (Å²) in [6.45, 7) is 2.20. The molecule has 1 aliphatic rings. The minimum atomic E-state index is 0.0296. The van der Waals surface area contributed by atoms with E-state index in [1.807, 2.05) is 49.3 Å². The smallest absolute Gasteiger partial charge is 0.251 e. The van der Waals surface area contributed by atoms with Gasteiger partial charge in [-0.25, -0.2) is 4.98 Å². The van der Waals surface area contributed by atoms with E-state index in [2.05, 4.69) is 35.8 Å². The molecule has 1 saturated carbocycles. The van der Waals surface area contributed by atoms with Gasteiger partial charge >= 0.3 is 0 Å². The van der Waals surface area contributed by atoms with Crippen molar-refractivity contribution < 1.29 is 4.79 Å². The average Bonchev–Trinajstić information content (AvgIpc) is 2.83. The van der Waals surface area contributed by atoms with E-state index in [9.17, 15) is 4.79 Å². The fourth-order valence-electron chi connectivity index (χ4n) is 4.50. The number of aromatic nitrogens is 2. The molecule has 1 aromatic heterocycles. The minimum absolute atomic E-state index is 0.0296. The summed E-state index contributed by atoms with van der Waals surface area (Å²) in [6.07, 6.45) is 7.31. The van der Waals surface area contributed by atoms with Crippen LogP contribution >= 0.6 is 0 Å². The van der Waals surface area contributed by atoms with Gasteiger partial charge in [0.15, 0.2) is 0 Å². The summed E-state index contributed by atoms with van der Waals surface area (Å²) < 4.78 is 0. The summed E-state index contributed by atoms with van der Waals surface area (Å²) in [7, 11) is 4.01. The normalized spacial score (nSPS) is 18.2. The van der Waals surface area contributed by atoms with Crippen molar-refractivity contribution in [3.63, 3.8) is 0 Å². The molecule has 1 aliphatic carbocycles. The largest absolute Gasteiger partial charge is 0.362 e. The average molecular weight is 446 g/mol. The van der Waals surface area contributed by atoms with E-state index in [4.69, 9.17) is 9.97 Å². The Bertz CT molecular complexity index is 1070. The zero-order valence-electron chi connectivity index (χ0n) is 20.0. The summed E-state index contributed by atoms with van der Waals surface area (Å²) in [5.74, 6) is 1.62. The molecule has 0 radical (unpaired) electrons. The van der Waals surface area contributed by atoms with Crippen LogP contribution in [0.15, 0.2) is 48.5 Å². The lowest BCUT2D eigenvalue weighted by Gasteiger charge is -2.30. The van der Waals surface area contributed by atoms with Crippen molar-refractivity contribution in [1.29, 1.82) is 0 Å². The van der Waals surface area contributed by atoms with Crippen LogP contribution < -0.4 is 15.5 Å². The first-order valence-electron chi connectivity index (χ1n) is 12.1.